The van der Waals surface area contributed by atoms with Crippen molar-refractivity contribution in [2.75, 3.05) is 18.5 Å². The standard InChI is InChI=1S/C22H21F3N4O4/c1-2-32-20(30)11-29-10-14-8-17(18(9-16(14)28-29)33-12-13-6-7-13)27-21(31)15-4-3-5-19(26-15)22(23,24)25/h3-5,8-10,13H,2,6-7,11-12H2,1H3,(H,27,31). The number of fused-ring (bicyclic) bond motifs is 1. The summed E-state index contributed by atoms with van der Waals surface area (Å²) in [6, 6.07) is 6.33. The Hall–Kier alpha value is -3.63. The fraction of sp³-hybridized carbons (Fsp3) is 0.364. The van der Waals surface area contributed by atoms with Crippen LogP contribution in [0.3, 0.4) is 0 Å². The summed E-state index contributed by atoms with van der Waals surface area (Å²) in [5.41, 5.74) is -0.740. The summed E-state index contributed by atoms with van der Waals surface area (Å²) in [6.07, 6.45) is -0.963. The van der Waals surface area contributed by atoms with E-state index in [1.807, 2.05) is 0 Å². The van der Waals surface area contributed by atoms with Gasteiger partial charge in [-0.15, -0.1) is 0 Å². The molecule has 11 heteroatoms. The number of ether oxygens (including phenoxy) is 2. The number of carbonyl (C=O) groups is 2. The van der Waals surface area contributed by atoms with E-state index in [1.165, 1.54) is 10.7 Å². The molecule has 174 valence electrons. The summed E-state index contributed by atoms with van der Waals surface area (Å²) in [5.74, 6) is -0.498. The average molecular weight is 462 g/mol. The molecule has 33 heavy (non-hydrogen) atoms. The van der Waals surface area contributed by atoms with Crippen LogP contribution in [-0.2, 0) is 22.3 Å². The number of anilines is 1. The highest BCUT2D eigenvalue weighted by atomic mass is 19.4. The highest BCUT2D eigenvalue weighted by Crippen LogP contribution is 2.34. The predicted molar refractivity (Wildman–Crippen MR) is 112 cm³/mol. The highest BCUT2D eigenvalue weighted by Gasteiger charge is 2.33. The lowest BCUT2D eigenvalue weighted by atomic mass is 10.2. The molecule has 1 saturated carbocycles. The molecule has 0 spiro atoms. The molecule has 8 nitrogen and oxygen atoms in total. The zero-order valence-electron chi connectivity index (χ0n) is 17.7. The number of halogens is 3. The predicted octanol–water partition coefficient (Wildman–Crippen LogP) is 4.05. The van der Waals surface area contributed by atoms with Crippen LogP contribution in [0.1, 0.15) is 35.9 Å². The number of nitrogens with one attached hydrogen (secondary N) is 1. The van der Waals surface area contributed by atoms with E-state index in [0.29, 0.717) is 29.2 Å². The maximum Gasteiger partial charge on any atom is 0.433 e. The van der Waals surface area contributed by atoms with Crippen molar-refractivity contribution in [3.63, 3.8) is 0 Å². The van der Waals surface area contributed by atoms with Gasteiger partial charge < -0.3 is 14.8 Å². The van der Waals surface area contributed by atoms with Crippen LogP contribution in [0.25, 0.3) is 10.9 Å². The Morgan fingerprint density at radius 3 is 2.73 bits per heavy atom. The van der Waals surface area contributed by atoms with Crippen LogP contribution in [-0.4, -0.2) is 39.9 Å². The van der Waals surface area contributed by atoms with Crippen LogP contribution >= 0.6 is 0 Å². The molecule has 1 amide bonds. The van der Waals surface area contributed by atoms with Crippen LogP contribution in [0.4, 0.5) is 18.9 Å². The summed E-state index contributed by atoms with van der Waals surface area (Å²) in [4.78, 5) is 27.9. The maximum atomic E-state index is 13.0. The van der Waals surface area contributed by atoms with Gasteiger partial charge in [0.25, 0.3) is 5.91 Å². The van der Waals surface area contributed by atoms with Crippen molar-refractivity contribution in [2.24, 2.45) is 5.92 Å². The Morgan fingerprint density at radius 1 is 1.24 bits per heavy atom. The number of aromatic nitrogens is 3. The second-order valence-corrected chi connectivity index (χ2v) is 7.65. The number of hydrogen-bond acceptors (Lipinski definition) is 6. The Bertz CT molecular complexity index is 1190. The SMILES string of the molecule is CCOC(=O)Cn1cc2cc(NC(=O)c3cccc(C(F)(F)F)n3)c(OCC3CC3)cc2n1. The molecule has 0 atom stereocenters. The minimum absolute atomic E-state index is 0.0867. The van der Waals surface area contributed by atoms with Crippen molar-refractivity contribution < 1.29 is 32.2 Å². The minimum atomic E-state index is -4.67. The van der Waals surface area contributed by atoms with Gasteiger partial charge in [0, 0.05) is 17.6 Å². The summed E-state index contributed by atoms with van der Waals surface area (Å²) in [6.45, 7) is 2.31. The van der Waals surface area contributed by atoms with Crippen molar-refractivity contribution in [1.82, 2.24) is 14.8 Å². The first-order chi connectivity index (χ1) is 15.7. The van der Waals surface area contributed by atoms with E-state index in [2.05, 4.69) is 15.4 Å². The lowest BCUT2D eigenvalue weighted by Gasteiger charge is -2.13. The number of esters is 1. The summed E-state index contributed by atoms with van der Waals surface area (Å²) in [5, 5.41) is 7.53. The molecular formula is C22H21F3N4O4. The smallest absolute Gasteiger partial charge is 0.433 e. The fourth-order valence-electron chi connectivity index (χ4n) is 3.14. The molecule has 0 bridgehead atoms. The first-order valence-electron chi connectivity index (χ1n) is 10.4. The van der Waals surface area contributed by atoms with E-state index in [0.717, 1.165) is 25.0 Å². The Kier molecular flexibility index (Phi) is 6.21. The Morgan fingerprint density at radius 2 is 2.03 bits per heavy atom. The fourth-order valence-corrected chi connectivity index (χ4v) is 3.14. The van der Waals surface area contributed by atoms with Gasteiger partial charge >= 0.3 is 12.1 Å². The van der Waals surface area contributed by atoms with Crippen LogP contribution in [0.2, 0.25) is 0 Å². The first-order valence-corrected chi connectivity index (χ1v) is 10.4. The molecule has 1 N–H and O–H groups in total. The maximum absolute atomic E-state index is 13.0. The van der Waals surface area contributed by atoms with Gasteiger partial charge in [0.15, 0.2) is 0 Å². The van der Waals surface area contributed by atoms with Crippen molar-refractivity contribution in [3.05, 3.63) is 47.9 Å². The monoisotopic (exact) mass is 462 g/mol. The molecule has 0 radical (unpaired) electrons. The average Bonchev–Trinajstić information content (AvgIpc) is 3.51. The van der Waals surface area contributed by atoms with E-state index < -0.39 is 23.7 Å². The third-order valence-electron chi connectivity index (χ3n) is 4.94. The van der Waals surface area contributed by atoms with E-state index in [1.54, 1.807) is 25.3 Å². The van der Waals surface area contributed by atoms with Gasteiger partial charge in [-0.3, -0.25) is 14.3 Å². The lowest BCUT2D eigenvalue weighted by molar-refractivity contribution is -0.144. The van der Waals surface area contributed by atoms with Gasteiger partial charge in [-0.05, 0) is 43.9 Å². The summed E-state index contributed by atoms with van der Waals surface area (Å²) in [7, 11) is 0. The molecule has 3 aromatic rings. The molecule has 0 aliphatic heterocycles. The third-order valence-corrected chi connectivity index (χ3v) is 4.94. The Balaban J connectivity index is 1.61. The van der Waals surface area contributed by atoms with E-state index >= 15 is 0 Å². The molecule has 1 aliphatic rings. The molecular weight excluding hydrogens is 441 g/mol. The number of carbonyl (C=O) groups excluding carboxylic acids is 2. The number of nitrogens with zero attached hydrogens (tertiary/aromatic N) is 3. The van der Waals surface area contributed by atoms with E-state index in [4.69, 9.17) is 9.47 Å². The number of alkyl halides is 3. The van der Waals surface area contributed by atoms with Crippen LogP contribution in [0, 0.1) is 5.92 Å². The van der Waals surface area contributed by atoms with Crippen LogP contribution < -0.4 is 10.1 Å². The molecule has 1 fully saturated rings. The topological polar surface area (TPSA) is 95.3 Å². The van der Waals surface area contributed by atoms with Crippen molar-refractivity contribution in [2.45, 2.75) is 32.5 Å². The van der Waals surface area contributed by atoms with Crippen LogP contribution in [0.15, 0.2) is 36.5 Å². The summed E-state index contributed by atoms with van der Waals surface area (Å²) >= 11 is 0. The number of hydrogen-bond donors (Lipinski definition) is 1. The quantitative estimate of drug-likeness (QED) is 0.508. The molecule has 2 heterocycles. The first kappa shape index (κ1) is 22.6. The lowest BCUT2D eigenvalue weighted by Crippen LogP contribution is -2.17. The molecule has 4 rings (SSSR count). The zero-order chi connectivity index (χ0) is 23.6. The number of benzene rings is 1. The molecule has 1 aliphatic carbocycles. The number of pyridine rings is 1. The minimum Gasteiger partial charge on any atom is -0.491 e. The molecule has 2 aromatic heterocycles. The summed E-state index contributed by atoms with van der Waals surface area (Å²) < 4.78 is 51.1. The molecule has 0 unspecified atom stereocenters. The van der Waals surface area contributed by atoms with Gasteiger partial charge in [0.05, 0.1) is 24.4 Å². The normalized spacial score (nSPS) is 13.7. The van der Waals surface area contributed by atoms with Gasteiger partial charge in [-0.2, -0.15) is 18.3 Å². The van der Waals surface area contributed by atoms with Crippen molar-refractivity contribution >= 4 is 28.5 Å². The third kappa shape index (κ3) is 5.60. The van der Waals surface area contributed by atoms with Gasteiger partial charge in [0.1, 0.15) is 23.7 Å². The van der Waals surface area contributed by atoms with Gasteiger partial charge in [0.2, 0.25) is 0 Å². The van der Waals surface area contributed by atoms with Gasteiger partial charge in [-0.25, -0.2) is 4.98 Å². The Labute approximate surface area is 186 Å². The largest absolute Gasteiger partial charge is 0.491 e. The van der Waals surface area contributed by atoms with E-state index in [9.17, 15) is 22.8 Å². The highest BCUT2D eigenvalue weighted by molar-refractivity contribution is 6.05. The van der Waals surface area contributed by atoms with Crippen LogP contribution in [0.5, 0.6) is 5.75 Å². The second-order valence-electron chi connectivity index (χ2n) is 7.65. The second kappa shape index (κ2) is 9.08. The van der Waals surface area contributed by atoms with E-state index in [-0.39, 0.29) is 24.5 Å². The number of rotatable bonds is 8. The molecule has 1 aromatic carbocycles. The zero-order valence-corrected chi connectivity index (χ0v) is 17.7. The van der Waals surface area contributed by atoms with Crippen molar-refractivity contribution in [3.8, 4) is 5.75 Å². The number of amides is 1. The van der Waals surface area contributed by atoms with Gasteiger partial charge in [-0.1, -0.05) is 6.07 Å². The van der Waals surface area contributed by atoms with Crippen molar-refractivity contribution in [1.29, 1.82) is 0 Å². The molecule has 0 saturated heterocycles.